The zero-order valence-electron chi connectivity index (χ0n) is 40.5. The first-order valence-electron chi connectivity index (χ1n) is 25.3. The summed E-state index contributed by atoms with van der Waals surface area (Å²) < 4.78 is 49.2. The number of carbonyl (C=O) groups is 1. The van der Waals surface area contributed by atoms with E-state index in [-0.39, 0.29) is 40.6 Å². The number of hydrogen-bond acceptors (Lipinski definition) is 14. The van der Waals surface area contributed by atoms with Crippen LogP contribution >= 0.6 is 0 Å². The molecule has 4 N–H and O–H groups in total. The molecule has 11 rings (SSSR count). The van der Waals surface area contributed by atoms with Crippen molar-refractivity contribution in [3.05, 3.63) is 106 Å². The molecule has 5 aromatic rings. The van der Waals surface area contributed by atoms with Crippen LogP contribution in [0, 0.1) is 34.3 Å². The average Bonchev–Trinajstić information content (AvgIpc) is 3.75. The van der Waals surface area contributed by atoms with Crippen molar-refractivity contribution in [3.63, 3.8) is 0 Å². The highest BCUT2D eigenvalue weighted by Gasteiger charge is 2.50. The number of nitro benzene ring substituents is 1. The number of piperidine rings is 1. The van der Waals surface area contributed by atoms with Crippen molar-refractivity contribution in [2.24, 2.45) is 17.3 Å². The molecule has 17 nitrogen and oxygen atoms in total. The van der Waals surface area contributed by atoms with Crippen LogP contribution in [0.5, 0.6) is 5.88 Å². The number of aromatic amines is 1. The number of morpholine rings is 1. The Kier molecular flexibility index (Phi) is 12.7. The predicted octanol–water partition coefficient (Wildman–Crippen LogP) is 8.01. The Morgan fingerprint density at radius 1 is 0.944 bits per heavy atom. The van der Waals surface area contributed by atoms with Gasteiger partial charge >= 0.3 is 0 Å². The summed E-state index contributed by atoms with van der Waals surface area (Å²) in [7, 11) is -4.62. The summed E-state index contributed by atoms with van der Waals surface area (Å²) in [5.74, 6) is -0.300. The molecular formula is C53H64N8O9S. The molecule has 71 heavy (non-hydrogen) atoms. The van der Waals surface area contributed by atoms with Crippen molar-refractivity contribution in [2.75, 3.05) is 74.3 Å². The fourth-order valence-corrected chi connectivity index (χ4v) is 13.2. The van der Waals surface area contributed by atoms with Crippen LogP contribution in [0.3, 0.4) is 0 Å². The summed E-state index contributed by atoms with van der Waals surface area (Å²) >= 11 is 0. The van der Waals surface area contributed by atoms with Crippen LogP contribution in [0.4, 0.5) is 28.4 Å². The number of ether oxygens (including phenoxy) is 3. The SMILES string of the molecule is Cc1ccccc1[C@@H]1COCCN1C1CC2(CCN(c3ccc(C(=O)NS(=O)(=O)c4ccc(NCC5CCC(C)(O)CC5)c([N+](=O)[O-])c4)c(N4C[C@@H]5CCOC[C@H]5Oc5nc6[nH]ccc6cc54)c3)CC2)C1. The third-order valence-electron chi connectivity index (χ3n) is 16.6. The third-order valence-corrected chi connectivity index (χ3v) is 17.9. The minimum atomic E-state index is -4.62. The third kappa shape index (κ3) is 9.56. The summed E-state index contributed by atoms with van der Waals surface area (Å²) in [5, 5.41) is 26.7. The first kappa shape index (κ1) is 47.5. The van der Waals surface area contributed by atoms with Crippen LogP contribution in [0.25, 0.3) is 11.0 Å². The van der Waals surface area contributed by atoms with Crippen LogP contribution in [0.15, 0.2) is 83.9 Å². The molecule has 3 atom stereocenters. The van der Waals surface area contributed by atoms with Gasteiger partial charge in [0, 0.05) is 74.6 Å². The van der Waals surface area contributed by atoms with Gasteiger partial charge in [-0.15, -0.1) is 0 Å². The molecule has 1 spiro atoms. The molecule has 5 fully saturated rings. The lowest BCUT2D eigenvalue weighted by Gasteiger charge is -2.57. The Morgan fingerprint density at radius 3 is 2.52 bits per heavy atom. The van der Waals surface area contributed by atoms with E-state index < -0.39 is 37.0 Å². The number of anilines is 4. The van der Waals surface area contributed by atoms with Crippen LogP contribution in [0.2, 0.25) is 0 Å². The first-order valence-corrected chi connectivity index (χ1v) is 26.8. The quantitative estimate of drug-likeness (QED) is 0.0732. The lowest BCUT2D eigenvalue weighted by Crippen LogP contribution is -2.57. The number of carbonyl (C=O) groups excluding carboxylic acids is 1. The van der Waals surface area contributed by atoms with Gasteiger partial charge in [-0.05, 0) is 137 Å². The fraction of sp³-hybridized carbons (Fsp3) is 0.509. The number of nitrogens with zero attached hydrogens (tertiary/aromatic N) is 5. The maximum absolute atomic E-state index is 14.7. The Labute approximate surface area is 414 Å². The molecule has 6 heterocycles. The number of aromatic nitrogens is 2. The minimum absolute atomic E-state index is 0.00136. The Bertz CT molecular complexity index is 2920. The van der Waals surface area contributed by atoms with Gasteiger partial charge in [0.25, 0.3) is 21.6 Å². The normalized spacial score (nSPS) is 25.9. The lowest BCUT2D eigenvalue weighted by atomic mass is 9.59. The molecule has 1 amide bonds. The highest BCUT2D eigenvalue weighted by atomic mass is 32.2. The number of H-pyrrole nitrogens is 1. The van der Waals surface area contributed by atoms with E-state index in [1.54, 1.807) is 6.07 Å². The van der Waals surface area contributed by atoms with Gasteiger partial charge in [-0.3, -0.25) is 19.8 Å². The van der Waals surface area contributed by atoms with E-state index in [1.807, 2.05) is 42.3 Å². The van der Waals surface area contributed by atoms with Crippen LogP contribution in [-0.2, 0) is 19.5 Å². The molecule has 2 aromatic heterocycles. The number of sulfonamides is 1. The van der Waals surface area contributed by atoms with Gasteiger partial charge in [0.1, 0.15) is 23.1 Å². The van der Waals surface area contributed by atoms with Gasteiger partial charge in [0.05, 0.1) is 52.5 Å². The van der Waals surface area contributed by atoms with E-state index in [4.69, 9.17) is 19.2 Å². The number of aryl methyl sites for hydroxylation is 1. The summed E-state index contributed by atoms with van der Waals surface area (Å²) in [5.41, 5.74) is 4.76. The van der Waals surface area contributed by atoms with Gasteiger partial charge in [0.15, 0.2) is 0 Å². The fourth-order valence-electron chi connectivity index (χ4n) is 12.2. The average molecular weight is 989 g/mol. The standard InChI is InChI=1S/C53H64N8O9S/c1-34-5-3-4-6-41(34)47-32-69-24-22-59(47)39-28-53(29-39)17-20-58(21-18-53)38-7-9-42(44(26-38)60-31-37-14-23-68-33-48(37)70-51-46(60)25-36-13-19-54-49(36)56-51)50(62)57-71(66,67)40-8-10-43(45(27-40)61(64)65)55-30-35-11-15-52(2,63)16-12-35/h3-10,13,19,25-27,35,37,39,47-48,55,63H,11-12,14-18,20-24,28-33H2,1-2H3,(H,54,56)(H,57,62)/t35?,37-,47-,48+,52?/m0/s1. The molecule has 0 bridgehead atoms. The number of aliphatic hydroxyl groups is 1. The first-order chi connectivity index (χ1) is 34.2. The second kappa shape index (κ2) is 19.0. The molecule has 4 aliphatic heterocycles. The van der Waals surface area contributed by atoms with Gasteiger partial charge in [-0.2, -0.15) is 4.98 Å². The van der Waals surface area contributed by atoms with Crippen molar-refractivity contribution < 1.29 is 37.5 Å². The number of pyridine rings is 1. The second-order valence-electron chi connectivity index (χ2n) is 21.2. The van der Waals surface area contributed by atoms with E-state index in [9.17, 15) is 28.4 Å². The lowest BCUT2D eigenvalue weighted by molar-refractivity contribution is -0.384. The van der Waals surface area contributed by atoms with Crippen molar-refractivity contribution in [3.8, 4) is 5.88 Å². The zero-order chi connectivity index (χ0) is 49.1. The number of amides is 1. The smallest absolute Gasteiger partial charge is 0.293 e. The van der Waals surface area contributed by atoms with Crippen LogP contribution < -0.4 is 24.6 Å². The number of nitrogens with one attached hydrogen (secondary N) is 3. The number of benzene rings is 3. The molecule has 3 aromatic carbocycles. The number of hydrogen-bond donors (Lipinski definition) is 4. The molecule has 0 unspecified atom stereocenters. The van der Waals surface area contributed by atoms with Gasteiger partial charge in [-0.25, -0.2) is 13.1 Å². The Morgan fingerprint density at radius 2 is 1.73 bits per heavy atom. The van der Waals surface area contributed by atoms with E-state index in [0.717, 1.165) is 81.9 Å². The Balaban J connectivity index is 0.869. The number of nitro groups is 1. The molecule has 376 valence electrons. The van der Waals surface area contributed by atoms with Crippen molar-refractivity contribution in [1.29, 1.82) is 0 Å². The summed E-state index contributed by atoms with van der Waals surface area (Å²) in [6, 6.07) is 22.5. The van der Waals surface area contributed by atoms with Crippen LogP contribution in [0.1, 0.15) is 92.2 Å². The van der Waals surface area contributed by atoms with Gasteiger partial charge in [0.2, 0.25) is 5.88 Å². The number of rotatable bonds is 11. The predicted molar refractivity (Wildman–Crippen MR) is 270 cm³/mol. The maximum atomic E-state index is 14.7. The van der Waals surface area contributed by atoms with Crippen molar-refractivity contribution >= 4 is 55.4 Å². The molecule has 0 radical (unpaired) electrons. The van der Waals surface area contributed by atoms with Crippen LogP contribution in [-0.4, -0.2) is 116 Å². The highest BCUT2D eigenvalue weighted by Crippen LogP contribution is 2.53. The zero-order valence-corrected chi connectivity index (χ0v) is 41.3. The second-order valence-corrected chi connectivity index (χ2v) is 22.9. The minimum Gasteiger partial charge on any atom is -0.470 e. The molecule has 2 aliphatic carbocycles. The van der Waals surface area contributed by atoms with Gasteiger partial charge < -0.3 is 39.4 Å². The number of fused-ring (bicyclic) bond motifs is 3. The van der Waals surface area contributed by atoms with E-state index in [1.165, 1.54) is 23.3 Å². The summed E-state index contributed by atoms with van der Waals surface area (Å²) in [6.07, 6.45) is 9.37. The highest BCUT2D eigenvalue weighted by molar-refractivity contribution is 7.90. The maximum Gasteiger partial charge on any atom is 0.293 e. The monoisotopic (exact) mass is 988 g/mol. The van der Waals surface area contributed by atoms with E-state index in [0.29, 0.717) is 81.1 Å². The Hall–Kier alpha value is -5.79. The molecule has 2 saturated carbocycles. The molecule has 18 heteroatoms. The van der Waals surface area contributed by atoms with Crippen molar-refractivity contribution in [2.45, 2.75) is 100 Å². The molecular weight excluding hydrogens is 925 g/mol. The van der Waals surface area contributed by atoms with E-state index in [2.05, 4.69) is 56.0 Å². The largest absolute Gasteiger partial charge is 0.470 e. The van der Waals surface area contributed by atoms with Gasteiger partial charge in [-0.1, -0.05) is 24.3 Å². The summed E-state index contributed by atoms with van der Waals surface area (Å²) in [4.78, 5) is 41.2. The van der Waals surface area contributed by atoms with E-state index >= 15 is 0 Å². The summed E-state index contributed by atoms with van der Waals surface area (Å²) in [6.45, 7) is 9.87. The topological polar surface area (TPSA) is 205 Å². The molecule has 6 aliphatic rings. The molecule has 3 saturated heterocycles. The van der Waals surface area contributed by atoms with Crippen molar-refractivity contribution in [1.82, 2.24) is 19.6 Å².